The third-order valence-corrected chi connectivity index (χ3v) is 2.28. The second-order valence-electron chi connectivity index (χ2n) is 2.99. The molecule has 3 heteroatoms. The maximum Gasteiger partial charge on any atom is 0.247 e. The molecule has 0 atom stereocenters. The van der Waals surface area contributed by atoms with Crippen LogP contribution in [0.15, 0.2) is 52.3 Å². The van der Waals surface area contributed by atoms with E-state index >= 15 is 0 Å². The van der Waals surface area contributed by atoms with Crippen LogP contribution in [0.3, 0.4) is 0 Å². The van der Waals surface area contributed by atoms with Crippen LogP contribution in [0.5, 0.6) is 0 Å². The van der Waals surface area contributed by atoms with Crippen molar-refractivity contribution in [3.63, 3.8) is 0 Å². The Labute approximate surface area is 87.0 Å². The van der Waals surface area contributed by atoms with Crippen molar-refractivity contribution in [2.24, 2.45) is 0 Å². The molecule has 0 radical (unpaired) electrons. The number of benzene rings is 1. The van der Waals surface area contributed by atoms with Crippen LogP contribution in [0.25, 0.3) is 11.1 Å². The van der Waals surface area contributed by atoms with Crippen molar-refractivity contribution in [3.8, 4) is 11.1 Å². The zero-order valence-electron chi connectivity index (χ0n) is 7.40. The van der Waals surface area contributed by atoms with Gasteiger partial charge in [-0.05, 0) is 29.3 Å². The minimum Gasteiger partial charge on any atom is -0.328 e. The molecule has 0 saturated carbocycles. The van der Waals surface area contributed by atoms with E-state index in [1.54, 1.807) is 12.3 Å². The number of nitrogens with one attached hydrogen (secondary N) is 1. The van der Waals surface area contributed by atoms with Gasteiger partial charge >= 0.3 is 0 Å². The molecule has 0 unspecified atom stereocenters. The van der Waals surface area contributed by atoms with Crippen LogP contribution in [0.1, 0.15) is 0 Å². The summed E-state index contributed by atoms with van der Waals surface area (Å²) in [4.78, 5) is 14.4. The van der Waals surface area contributed by atoms with E-state index < -0.39 is 0 Å². The smallest absolute Gasteiger partial charge is 0.247 e. The maximum absolute atomic E-state index is 10.8. The average molecular weight is 203 g/mol. The van der Waals surface area contributed by atoms with E-state index in [1.165, 1.54) is 6.07 Å². The molecule has 70 valence electrons. The first kappa shape index (κ1) is 9.09. The Morgan fingerprint density at radius 3 is 2.14 bits per heavy atom. The fraction of sp³-hybridized carbons (Fsp3) is 0. The lowest BCUT2D eigenvalue weighted by atomic mass is 10.1. The molecule has 0 saturated heterocycles. The Bertz CT molecular complexity index is 467. The number of hydrogen-bond acceptors (Lipinski definition) is 2. The van der Waals surface area contributed by atoms with Gasteiger partial charge in [0, 0.05) is 17.2 Å². The van der Waals surface area contributed by atoms with Crippen molar-refractivity contribution in [1.29, 1.82) is 0 Å². The van der Waals surface area contributed by atoms with Crippen molar-refractivity contribution in [3.05, 3.63) is 52.9 Å². The lowest BCUT2D eigenvalue weighted by Crippen LogP contribution is -2.01. The van der Waals surface area contributed by atoms with E-state index in [1.807, 2.05) is 24.3 Å². The first-order chi connectivity index (χ1) is 6.75. The summed E-state index contributed by atoms with van der Waals surface area (Å²) < 4.78 is 0. The number of aromatic nitrogens is 1. The fourth-order valence-corrected chi connectivity index (χ4v) is 1.39. The number of H-pyrrole nitrogens is 1. The largest absolute Gasteiger partial charge is 0.328 e. The van der Waals surface area contributed by atoms with Gasteiger partial charge in [0.1, 0.15) is 0 Å². The third-order valence-electron chi connectivity index (χ3n) is 1.98. The number of aromatic amines is 1. The van der Waals surface area contributed by atoms with Crippen LogP contribution in [0.2, 0.25) is 0 Å². The zero-order chi connectivity index (χ0) is 9.97. The van der Waals surface area contributed by atoms with Crippen molar-refractivity contribution in [2.75, 3.05) is 0 Å². The van der Waals surface area contributed by atoms with Crippen LogP contribution in [0, 0.1) is 0 Å². The molecule has 0 fully saturated rings. The minimum absolute atomic E-state index is 0.0837. The lowest BCUT2D eigenvalue weighted by molar-refractivity contribution is 1.24. The molecule has 1 heterocycles. The van der Waals surface area contributed by atoms with Crippen LogP contribution in [-0.4, -0.2) is 4.98 Å². The van der Waals surface area contributed by atoms with E-state index in [2.05, 4.69) is 17.6 Å². The minimum atomic E-state index is -0.0837. The lowest BCUT2D eigenvalue weighted by Gasteiger charge is -2.00. The Hall–Kier alpha value is -1.48. The highest BCUT2D eigenvalue weighted by atomic mass is 32.1. The number of rotatable bonds is 1. The maximum atomic E-state index is 10.8. The monoisotopic (exact) mass is 203 g/mol. The third kappa shape index (κ3) is 1.88. The summed E-state index contributed by atoms with van der Waals surface area (Å²) in [5.41, 5.74) is 1.98. The van der Waals surface area contributed by atoms with E-state index in [0.29, 0.717) is 0 Å². The van der Waals surface area contributed by atoms with Gasteiger partial charge in [0.2, 0.25) is 5.56 Å². The summed E-state index contributed by atoms with van der Waals surface area (Å²) in [5, 5.41) is 0. The number of pyridine rings is 1. The molecule has 1 aromatic carbocycles. The summed E-state index contributed by atoms with van der Waals surface area (Å²) in [7, 11) is 0. The van der Waals surface area contributed by atoms with Gasteiger partial charge in [-0.25, -0.2) is 0 Å². The predicted octanol–water partition coefficient (Wildman–Crippen LogP) is 2.33. The van der Waals surface area contributed by atoms with Crippen molar-refractivity contribution in [2.45, 2.75) is 4.90 Å². The molecule has 0 amide bonds. The van der Waals surface area contributed by atoms with E-state index in [9.17, 15) is 4.79 Å². The standard InChI is InChI=1S/C11H9NOS/c13-11-6-3-9(7-12-11)8-1-4-10(14)5-2-8/h1-7,14H,(H,12,13). The highest BCUT2D eigenvalue weighted by molar-refractivity contribution is 7.80. The summed E-state index contributed by atoms with van der Waals surface area (Å²) in [5.74, 6) is 0. The Balaban J connectivity index is 2.44. The Morgan fingerprint density at radius 1 is 0.929 bits per heavy atom. The topological polar surface area (TPSA) is 32.9 Å². The molecular weight excluding hydrogens is 194 g/mol. The second kappa shape index (κ2) is 3.72. The fourth-order valence-electron chi connectivity index (χ4n) is 1.24. The highest BCUT2D eigenvalue weighted by Gasteiger charge is 1.96. The van der Waals surface area contributed by atoms with Crippen LogP contribution in [-0.2, 0) is 0 Å². The molecule has 14 heavy (non-hydrogen) atoms. The van der Waals surface area contributed by atoms with Gasteiger partial charge in [0.25, 0.3) is 0 Å². The molecule has 2 aromatic rings. The molecule has 1 aromatic heterocycles. The molecule has 0 bridgehead atoms. The summed E-state index contributed by atoms with van der Waals surface area (Å²) in [6, 6.07) is 11.1. The van der Waals surface area contributed by atoms with Crippen molar-refractivity contribution < 1.29 is 0 Å². The average Bonchev–Trinajstić information content (AvgIpc) is 2.21. The molecule has 0 aliphatic rings. The first-order valence-corrected chi connectivity index (χ1v) is 4.68. The molecule has 0 aliphatic heterocycles. The van der Waals surface area contributed by atoms with Crippen LogP contribution < -0.4 is 5.56 Å². The quantitative estimate of drug-likeness (QED) is 0.685. The van der Waals surface area contributed by atoms with E-state index in [4.69, 9.17) is 0 Å². The molecular formula is C11H9NOS. The van der Waals surface area contributed by atoms with Crippen LogP contribution in [0.4, 0.5) is 0 Å². The van der Waals surface area contributed by atoms with Gasteiger partial charge in [0.15, 0.2) is 0 Å². The Morgan fingerprint density at radius 2 is 1.57 bits per heavy atom. The van der Waals surface area contributed by atoms with Gasteiger partial charge in [-0.1, -0.05) is 12.1 Å². The van der Waals surface area contributed by atoms with Crippen molar-refractivity contribution in [1.82, 2.24) is 4.98 Å². The molecule has 2 rings (SSSR count). The molecule has 0 spiro atoms. The second-order valence-corrected chi connectivity index (χ2v) is 3.50. The summed E-state index contributed by atoms with van der Waals surface area (Å²) in [6.45, 7) is 0. The highest BCUT2D eigenvalue weighted by Crippen LogP contribution is 2.18. The number of hydrogen-bond donors (Lipinski definition) is 2. The van der Waals surface area contributed by atoms with E-state index in [-0.39, 0.29) is 5.56 Å². The molecule has 1 N–H and O–H groups in total. The normalized spacial score (nSPS) is 10.1. The summed E-state index contributed by atoms with van der Waals surface area (Å²) in [6.07, 6.45) is 1.70. The Kier molecular flexibility index (Phi) is 2.41. The van der Waals surface area contributed by atoms with Crippen molar-refractivity contribution >= 4 is 12.6 Å². The van der Waals surface area contributed by atoms with Gasteiger partial charge < -0.3 is 4.98 Å². The SMILES string of the molecule is O=c1ccc(-c2ccc(S)cc2)c[nH]1. The van der Waals surface area contributed by atoms with Gasteiger partial charge in [-0.2, -0.15) is 0 Å². The van der Waals surface area contributed by atoms with E-state index in [0.717, 1.165) is 16.0 Å². The molecule has 0 aliphatic carbocycles. The summed E-state index contributed by atoms with van der Waals surface area (Å²) >= 11 is 4.20. The van der Waals surface area contributed by atoms with Crippen LogP contribution >= 0.6 is 12.6 Å². The number of thiol groups is 1. The van der Waals surface area contributed by atoms with Gasteiger partial charge in [-0.15, -0.1) is 12.6 Å². The molecule has 2 nitrogen and oxygen atoms in total. The first-order valence-electron chi connectivity index (χ1n) is 4.24. The van der Waals surface area contributed by atoms with Gasteiger partial charge in [-0.3, -0.25) is 4.79 Å². The predicted molar refractivity (Wildman–Crippen MR) is 59.8 cm³/mol. The zero-order valence-corrected chi connectivity index (χ0v) is 8.29. The van der Waals surface area contributed by atoms with Gasteiger partial charge in [0.05, 0.1) is 0 Å².